The van der Waals surface area contributed by atoms with E-state index >= 15 is 0 Å². The molecule has 6 heteroatoms. The van der Waals surface area contributed by atoms with Crippen molar-refractivity contribution < 1.29 is 29.0 Å². The molecule has 6 nitrogen and oxygen atoms in total. The summed E-state index contributed by atoms with van der Waals surface area (Å²) in [5.41, 5.74) is 0. The minimum Gasteiger partial charge on any atom is -0.481 e. The van der Waals surface area contributed by atoms with Crippen LogP contribution in [0.4, 0.5) is 0 Å². The number of carbonyl (C=O) groups is 3. The van der Waals surface area contributed by atoms with Crippen molar-refractivity contribution in [2.75, 3.05) is 0 Å². The van der Waals surface area contributed by atoms with Gasteiger partial charge in [0.2, 0.25) is 0 Å². The van der Waals surface area contributed by atoms with E-state index in [1.54, 1.807) is 0 Å². The average Bonchev–Trinajstić information content (AvgIpc) is 2.57. The number of carboxylic acid groups (broad SMARTS) is 1. The summed E-state index contributed by atoms with van der Waals surface area (Å²) < 4.78 is 9.93. The molecule has 1 aliphatic heterocycles. The van der Waals surface area contributed by atoms with Gasteiger partial charge in [0.25, 0.3) is 0 Å². The second-order valence-electron chi connectivity index (χ2n) is 4.14. The molecule has 1 N–H and O–H groups in total. The predicted octanol–water partition coefficient (Wildman–Crippen LogP) is -0.0457. The number of aliphatic carboxylic acids is 1. The lowest BCUT2D eigenvalue weighted by Gasteiger charge is -2.17. The fraction of sp³-hybridized carbons (Fsp3) is 0.700. The Hall–Kier alpha value is -1.59. The van der Waals surface area contributed by atoms with Gasteiger partial charge in [-0.3, -0.25) is 14.4 Å². The van der Waals surface area contributed by atoms with Gasteiger partial charge >= 0.3 is 17.9 Å². The zero-order valence-corrected chi connectivity index (χ0v) is 8.71. The van der Waals surface area contributed by atoms with E-state index in [9.17, 15) is 14.4 Å². The van der Waals surface area contributed by atoms with Crippen molar-refractivity contribution in [1.82, 2.24) is 0 Å². The van der Waals surface area contributed by atoms with Gasteiger partial charge in [0.1, 0.15) is 18.1 Å². The predicted molar refractivity (Wildman–Crippen MR) is 49.3 cm³/mol. The van der Waals surface area contributed by atoms with Crippen molar-refractivity contribution in [1.29, 1.82) is 0 Å². The molecule has 1 unspecified atom stereocenters. The highest BCUT2D eigenvalue weighted by atomic mass is 16.6. The lowest BCUT2D eigenvalue weighted by atomic mass is 9.92. The van der Waals surface area contributed by atoms with E-state index in [-0.39, 0.29) is 24.7 Å². The molecule has 0 aromatic rings. The first-order chi connectivity index (χ1) is 7.49. The molecule has 1 saturated heterocycles. The van der Waals surface area contributed by atoms with Crippen LogP contribution in [0.3, 0.4) is 0 Å². The van der Waals surface area contributed by atoms with Gasteiger partial charge in [-0.2, -0.15) is 0 Å². The van der Waals surface area contributed by atoms with Gasteiger partial charge < -0.3 is 14.6 Å². The number of carboxylic acids is 1. The topological polar surface area (TPSA) is 89.9 Å². The van der Waals surface area contributed by atoms with Gasteiger partial charge in [0.05, 0.1) is 6.42 Å². The molecule has 2 aliphatic rings. The van der Waals surface area contributed by atoms with Crippen LogP contribution in [0, 0.1) is 11.8 Å². The Morgan fingerprint density at radius 3 is 2.75 bits per heavy atom. The molecule has 0 aromatic carbocycles. The molecule has 0 radical (unpaired) electrons. The summed E-state index contributed by atoms with van der Waals surface area (Å²) in [6.07, 6.45) is -0.720. The van der Waals surface area contributed by atoms with Crippen LogP contribution < -0.4 is 0 Å². The van der Waals surface area contributed by atoms with E-state index in [2.05, 4.69) is 0 Å². The van der Waals surface area contributed by atoms with Crippen LogP contribution in [-0.4, -0.2) is 35.2 Å². The number of hydrogen-bond acceptors (Lipinski definition) is 5. The average molecular weight is 228 g/mol. The van der Waals surface area contributed by atoms with Gasteiger partial charge in [-0.1, -0.05) is 0 Å². The van der Waals surface area contributed by atoms with E-state index in [1.807, 2.05) is 0 Å². The number of hydrogen-bond donors (Lipinski definition) is 1. The summed E-state index contributed by atoms with van der Waals surface area (Å²) >= 11 is 0. The first-order valence-corrected chi connectivity index (χ1v) is 5.08. The van der Waals surface area contributed by atoms with Crippen molar-refractivity contribution in [2.24, 2.45) is 11.8 Å². The van der Waals surface area contributed by atoms with Crippen molar-refractivity contribution in [3.8, 4) is 0 Å². The number of rotatable bonds is 2. The molecular formula is C10H12O6. The Morgan fingerprint density at radius 1 is 1.50 bits per heavy atom. The molecule has 0 bridgehead atoms. The van der Waals surface area contributed by atoms with E-state index in [4.69, 9.17) is 14.6 Å². The zero-order chi connectivity index (χ0) is 11.9. The Kier molecular flexibility index (Phi) is 2.57. The normalized spacial score (nSPS) is 36.7. The Morgan fingerprint density at radius 2 is 2.19 bits per heavy atom. The van der Waals surface area contributed by atoms with Gasteiger partial charge in [0.15, 0.2) is 0 Å². The van der Waals surface area contributed by atoms with Crippen molar-refractivity contribution in [3.63, 3.8) is 0 Å². The maximum absolute atomic E-state index is 11.1. The fourth-order valence-corrected chi connectivity index (χ4v) is 2.54. The fourth-order valence-electron chi connectivity index (χ4n) is 2.54. The molecule has 0 amide bonds. The summed E-state index contributed by atoms with van der Waals surface area (Å²) in [5, 5.41) is 9.07. The lowest BCUT2D eigenvalue weighted by Crippen LogP contribution is -2.31. The van der Waals surface area contributed by atoms with Crippen LogP contribution in [0.15, 0.2) is 0 Å². The highest BCUT2D eigenvalue weighted by Gasteiger charge is 2.54. The summed E-state index contributed by atoms with van der Waals surface area (Å²) in [6.45, 7) is 1.24. The molecule has 1 heterocycles. The van der Waals surface area contributed by atoms with E-state index in [0.29, 0.717) is 0 Å². The quantitative estimate of drug-likeness (QED) is 0.666. The Balaban J connectivity index is 2.15. The highest BCUT2D eigenvalue weighted by molar-refractivity contribution is 5.78. The third-order valence-corrected chi connectivity index (χ3v) is 3.09. The molecule has 16 heavy (non-hydrogen) atoms. The minimum absolute atomic E-state index is 0.0966. The maximum atomic E-state index is 11.1. The number of carbonyl (C=O) groups excluding carboxylic acids is 2. The van der Waals surface area contributed by atoms with Gasteiger partial charge in [-0.05, 0) is 0 Å². The lowest BCUT2D eigenvalue weighted by molar-refractivity contribution is -0.156. The molecule has 4 atom stereocenters. The molecular weight excluding hydrogens is 216 g/mol. The van der Waals surface area contributed by atoms with E-state index in [1.165, 1.54) is 6.92 Å². The van der Waals surface area contributed by atoms with E-state index < -0.39 is 30.1 Å². The highest BCUT2D eigenvalue weighted by Crippen LogP contribution is 2.42. The van der Waals surface area contributed by atoms with Gasteiger partial charge in [-0.15, -0.1) is 0 Å². The molecule has 1 aliphatic carbocycles. The number of fused-ring (bicyclic) bond motifs is 1. The first-order valence-electron chi connectivity index (χ1n) is 5.08. The SMILES string of the molecule is CC(=O)O[C@@H]1C[C@@H]2OC(=O)CC2[C@H]1C(=O)O. The Labute approximate surface area is 91.5 Å². The zero-order valence-electron chi connectivity index (χ0n) is 8.71. The number of ether oxygens (including phenoxy) is 2. The third kappa shape index (κ3) is 1.75. The second-order valence-corrected chi connectivity index (χ2v) is 4.14. The molecule has 0 spiro atoms. The largest absolute Gasteiger partial charge is 0.481 e. The van der Waals surface area contributed by atoms with Crippen molar-refractivity contribution >= 4 is 17.9 Å². The van der Waals surface area contributed by atoms with Crippen LogP contribution in [0.1, 0.15) is 19.8 Å². The van der Waals surface area contributed by atoms with Crippen LogP contribution >= 0.6 is 0 Å². The van der Waals surface area contributed by atoms with Crippen LogP contribution in [0.5, 0.6) is 0 Å². The first kappa shape index (κ1) is 10.9. The molecule has 88 valence electrons. The van der Waals surface area contributed by atoms with Crippen molar-refractivity contribution in [3.05, 3.63) is 0 Å². The standard InChI is InChI=1S/C10H12O6/c1-4(11)15-7-3-6-5(2-8(12)16-6)9(7)10(13)14/h5-7,9H,2-3H2,1H3,(H,13,14)/t5?,6-,7+,9+/m0/s1. The molecule has 1 saturated carbocycles. The third-order valence-electron chi connectivity index (χ3n) is 3.09. The molecule has 0 aromatic heterocycles. The monoisotopic (exact) mass is 228 g/mol. The summed E-state index contributed by atoms with van der Waals surface area (Å²) in [6, 6.07) is 0. The van der Waals surface area contributed by atoms with Crippen LogP contribution in [-0.2, 0) is 23.9 Å². The maximum Gasteiger partial charge on any atom is 0.310 e. The Bertz CT molecular complexity index is 349. The number of esters is 2. The smallest absolute Gasteiger partial charge is 0.310 e. The van der Waals surface area contributed by atoms with Gasteiger partial charge in [0, 0.05) is 19.3 Å². The summed E-state index contributed by atoms with van der Waals surface area (Å²) in [5.74, 6) is -3.13. The molecule has 2 fully saturated rings. The summed E-state index contributed by atoms with van der Waals surface area (Å²) in [4.78, 5) is 32.9. The van der Waals surface area contributed by atoms with Crippen LogP contribution in [0.25, 0.3) is 0 Å². The summed E-state index contributed by atoms with van der Waals surface area (Å²) in [7, 11) is 0. The minimum atomic E-state index is -1.04. The van der Waals surface area contributed by atoms with Crippen molar-refractivity contribution in [2.45, 2.75) is 32.0 Å². The second kappa shape index (κ2) is 3.77. The van der Waals surface area contributed by atoms with Gasteiger partial charge in [-0.25, -0.2) is 0 Å². The molecule has 2 rings (SSSR count). The van der Waals surface area contributed by atoms with Crippen LogP contribution in [0.2, 0.25) is 0 Å². The van der Waals surface area contributed by atoms with E-state index in [0.717, 1.165) is 0 Å².